The van der Waals surface area contributed by atoms with E-state index in [4.69, 9.17) is 4.74 Å². The molecule has 0 radical (unpaired) electrons. The van der Waals surface area contributed by atoms with Crippen LogP contribution in [0.25, 0.3) is 0 Å². The standard InChI is InChI=1S/C14H11FO2/c1-10-4-2-7-13(8-10)17-14(16)11-5-3-6-12(15)9-11/h2-9H,1H3. The van der Waals surface area contributed by atoms with Crippen molar-refractivity contribution in [2.45, 2.75) is 6.92 Å². The summed E-state index contributed by atoms with van der Waals surface area (Å²) in [6.45, 7) is 1.90. The minimum atomic E-state index is -0.560. The lowest BCUT2D eigenvalue weighted by Gasteiger charge is -2.04. The van der Waals surface area contributed by atoms with Crippen molar-refractivity contribution in [2.75, 3.05) is 0 Å². The van der Waals surface area contributed by atoms with Gasteiger partial charge in [-0.25, -0.2) is 9.18 Å². The third-order valence-electron chi connectivity index (χ3n) is 2.26. The highest BCUT2D eigenvalue weighted by Crippen LogP contribution is 2.14. The Morgan fingerprint density at radius 2 is 1.88 bits per heavy atom. The molecule has 2 nitrogen and oxygen atoms in total. The van der Waals surface area contributed by atoms with Gasteiger partial charge in [-0.05, 0) is 42.8 Å². The van der Waals surface area contributed by atoms with Crippen molar-refractivity contribution in [3.8, 4) is 5.75 Å². The third-order valence-corrected chi connectivity index (χ3v) is 2.26. The molecular weight excluding hydrogens is 219 g/mol. The molecule has 0 amide bonds. The lowest BCUT2D eigenvalue weighted by atomic mass is 10.2. The largest absolute Gasteiger partial charge is 0.423 e. The van der Waals surface area contributed by atoms with Gasteiger partial charge in [0.1, 0.15) is 11.6 Å². The molecule has 0 saturated carbocycles. The van der Waals surface area contributed by atoms with E-state index in [1.165, 1.54) is 18.2 Å². The SMILES string of the molecule is Cc1cccc(OC(=O)c2cccc(F)c2)c1. The van der Waals surface area contributed by atoms with Gasteiger partial charge in [-0.15, -0.1) is 0 Å². The van der Waals surface area contributed by atoms with Gasteiger partial charge in [0.15, 0.2) is 0 Å². The maximum atomic E-state index is 12.9. The molecule has 0 spiro atoms. The molecule has 0 fully saturated rings. The first-order valence-corrected chi connectivity index (χ1v) is 5.19. The predicted molar refractivity (Wildman–Crippen MR) is 62.5 cm³/mol. The molecule has 0 N–H and O–H groups in total. The normalized spacial score (nSPS) is 10.0. The monoisotopic (exact) mass is 230 g/mol. The van der Waals surface area contributed by atoms with Crippen LogP contribution in [0.3, 0.4) is 0 Å². The first-order chi connectivity index (χ1) is 8.15. The van der Waals surface area contributed by atoms with Gasteiger partial charge in [0, 0.05) is 0 Å². The molecule has 0 aliphatic rings. The van der Waals surface area contributed by atoms with E-state index in [2.05, 4.69) is 0 Å². The molecule has 0 saturated heterocycles. The van der Waals surface area contributed by atoms with E-state index < -0.39 is 11.8 Å². The van der Waals surface area contributed by atoms with Gasteiger partial charge in [0.05, 0.1) is 5.56 Å². The van der Waals surface area contributed by atoms with Crippen molar-refractivity contribution in [1.29, 1.82) is 0 Å². The lowest BCUT2D eigenvalue weighted by Crippen LogP contribution is -2.08. The van der Waals surface area contributed by atoms with E-state index in [-0.39, 0.29) is 5.56 Å². The molecule has 0 bridgehead atoms. The number of hydrogen-bond donors (Lipinski definition) is 0. The summed E-state index contributed by atoms with van der Waals surface area (Å²) in [6, 6.07) is 12.6. The van der Waals surface area contributed by atoms with Crippen LogP contribution in [0.1, 0.15) is 15.9 Å². The number of carbonyl (C=O) groups is 1. The molecule has 17 heavy (non-hydrogen) atoms. The minimum absolute atomic E-state index is 0.200. The second-order valence-electron chi connectivity index (χ2n) is 3.72. The first kappa shape index (κ1) is 11.3. The van der Waals surface area contributed by atoms with Gasteiger partial charge in [-0.2, -0.15) is 0 Å². The number of ether oxygens (including phenoxy) is 1. The first-order valence-electron chi connectivity index (χ1n) is 5.19. The quantitative estimate of drug-likeness (QED) is 0.584. The van der Waals surface area contributed by atoms with Crippen molar-refractivity contribution in [1.82, 2.24) is 0 Å². The Labute approximate surface area is 98.7 Å². The van der Waals surface area contributed by atoms with Crippen LogP contribution in [0.15, 0.2) is 48.5 Å². The van der Waals surface area contributed by atoms with E-state index in [0.29, 0.717) is 5.75 Å². The van der Waals surface area contributed by atoms with Crippen molar-refractivity contribution in [2.24, 2.45) is 0 Å². The van der Waals surface area contributed by atoms with E-state index in [0.717, 1.165) is 11.6 Å². The van der Waals surface area contributed by atoms with Crippen LogP contribution in [0.4, 0.5) is 4.39 Å². The Morgan fingerprint density at radius 3 is 2.59 bits per heavy atom. The van der Waals surface area contributed by atoms with Gasteiger partial charge in [-0.3, -0.25) is 0 Å². The molecule has 0 atom stereocenters. The van der Waals surface area contributed by atoms with Crippen LogP contribution in [-0.2, 0) is 0 Å². The van der Waals surface area contributed by atoms with E-state index in [1.807, 2.05) is 13.0 Å². The van der Waals surface area contributed by atoms with Gasteiger partial charge in [-0.1, -0.05) is 18.2 Å². The predicted octanol–water partition coefficient (Wildman–Crippen LogP) is 3.35. The van der Waals surface area contributed by atoms with Crippen molar-refractivity contribution >= 4 is 5.97 Å². The smallest absolute Gasteiger partial charge is 0.343 e. The molecular formula is C14H11FO2. The minimum Gasteiger partial charge on any atom is -0.423 e. The van der Waals surface area contributed by atoms with Crippen LogP contribution >= 0.6 is 0 Å². The Morgan fingerprint density at radius 1 is 1.12 bits per heavy atom. The average molecular weight is 230 g/mol. The highest BCUT2D eigenvalue weighted by molar-refractivity contribution is 5.91. The van der Waals surface area contributed by atoms with E-state index >= 15 is 0 Å². The maximum absolute atomic E-state index is 12.9. The average Bonchev–Trinajstić information content (AvgIpc) is 2.29. The summed E-state index contributed by atoms with van der Waals surface area (Å²) in [4.78, 5) is 11.7. The zero-order valence-electron chi connectivity index (χ0n) is 9.31. The molecule has 2 aromatic rings. The molecule has 0 heterocycles. The number of aryl methyl sites for hydroxylation is 1. The fourth-order valence-corrected chi connectivity index (χ4v) is 1.46. The maximum Gasteiger partial charge on any atom is 0.343 e. The number of carbonyl (C=O) groups excluding carboxylic acids is 1. The topological polar surface area (TPSA) is 26.3 Å². The summed E-state index contributed by atoms with van der Waals surface area (Å²) in [5, 5.41) is 0. The summed E-state index contributed by atoms with van der Waals surface area (Å²) >= 11 is 0. The molecule has 2 aromatic carbocycles. The van der Waals surface area contributed by atoms with Crippen LogP contribution in [0.2, 0.25) is 0 Å². The summed E-state index contributed by atoms with van der Waals surface area (Å²) in [6.07, 6.45) is 0. The zero-order chi connectivity index (χ0) is 12.3. The lowest BCUT2D eigenvalue weighted by molar-refractivity contribution is 0.0734. The Kier molecular flexibility index (Phi) is 3.19. The van der Waals surface area contributed by atoms with Gasteiger partial charge >= 0.3 is 5.97 Å². The summed E-state index contributed by atoms with van der Waals surface area (Å²) in [7, 11) is 0. The Balaban J connectivity index is 2.17. The second kappa shape index (κ2) is 4.78. The van der Waals surface area contributed by atoms with Crippen LogP contribution in [0.5, 0.6) is 5.75 Å². The molecule has 0 aliphatic heterocycles. The molecule has 0 unspecified atom stereocenters. The molecule has 0 aromatic heterocycles. The number of hydrogen-bond acceptors (Lipinski definition) is 2. The number of rotatable bonds is 2. The van der Waals surface area contributed by atoms with Crippen molar-refractivity contribution in [3.05, 3.63) is 65.5 Å². The Bertz CT molecular complexity index is 549. The second-order valence-corrected chi connectivity index (χ2v) is 3.72. The molecule has 86 valence electrons. The molecule has 2 rings (SSSR count). The summed E-state index contributed by atoms with van der Waals surface area (Å²) in [5.41, 5.74) is 1.20. The number of esters is 1. The number of benzene rings is 2. The Hall–Kier alpha value is -2.16. The third kappa shape index (κ3) is 2.91. The fraction of sp³-hybridized carbons (Fsp3) is 0.0714. The highest BCUT2D eigenvalue weighted by Gasteiger charge is 2.09. The van der Waals surface area contributed by atoms with Gasteiger partial charge in [0.2, 0.25) is 0 Å². The van der Waals surface area contributed by atoms with E-state index in [9.17, 15) is 9.18 Å². The summed E-state index contributed by atoms with van der Waals surface area (Å²) in [5.74, 6) is -0.557. The van der Waals surface area contributed by atoms with Crippen LogP contribution in [-0.4, -0.2) is 5.97 Å². The fourth-order valence-electron chi connectivity index (χ4n) is 1.46. The van der Waals surface area contributed by atoms with Gasteiger partial charge < -0.3 is 4.74 Å². The number of halogens is 1. The molecule has 0 aliphatic carbocycles. The summed E-state index contributed by atoms with van der Waals surface area (Å²) < 4.78 is 18.1. The van der Waals surface area contributed by atoms with Gasteiger partial charge in [0.25, 0.3) is 0 Å². The van der Waals surface area contributed by atoms with Crippen molar-refractivity contribution < 1.29 is 13.9 Å². The van der Waals surface area contributed by atoms with Crippen molar-refractivity contribution in [3.63, 3.8) is 0 Å². The zero-order valence-corrected chi connectivity index (χ0v) is 9.31. The van der Waals surface area contributed by atoms with E-state index in [1.54, 1.807) is 18.2 Å². The van der Waals surface area contributed by atoms with Crippen LogP contribution in [0, 0.1) is 12.7 Å². The molecule has 3 heteroatoms. The van der Waals surface area contributed by atoms with Crippen LogP contribution < -0.4 is 4.74 Å². The highest BCUT2D eigenvalue weighted by atomic mass is 19.1.